The van der Waals surface area contributed by atoms with Crippen LogP contribution in [0.15, 0.2) is 236 Å². The Balaban J connectivity index is 1.30. The largest absolute Gasteiger partial charge is 0.310 e. The molecule has 57 heavy (non-hydrogen) atoms. The van der Waals surface area contributed by atoms with E-state index in [-0.39, 0.29) is 64.8 Å². The number of hydrogen-bond donors (Lipinski definition) is 0. The fourth-order valence-corrected chi connectivity index (χ4v) is 7.74. The van der Waals surface area contributed by atoms with Gasteiger partial charge in [-0.25, -0.2) is 0 Å². The van der Waals surface area contributed by atoms with Gasteiger partial charge in [-0.2, -0.15) is 0 Å². The monoisotopic (exact) mass is 732 g/mol. The Labute approximate surface area is 344 Å². The first-order valence-electron chi connectivity index (χ1n) is 22.5. The van der Waals surface area contributed by atoms with E-state index in [0.29, 0.717) is 27.9 Å². The van der Waals surface area contributed by atoms with Gasteiger partial charge < -0.3 is 4.90 Å². The quantitative estimate of drug-likeness (QED) is 0.150. The summed E-state index contributed by atoms with van der Waals surface area (Å²) in [7, 11) is 0. The van der Waals surface area contributed by atoms with E-state index >= 15 is 0 Å². The predicted molar refractivity (Wildman–Crippen MR) is 243 cm³/mol. The van der Waals surface area contributed by atoms with Gasteiger partial charge >= 0.3 is 0 Å². The van der Waals surface area contributed by atoms with Gasteiger partial charge in [0, 0.05) is 16.9 Å². The molecule has 0 spiro atoms. The van der Waals surface area contributed by atoms with E-state index < -0.39 is 0 Å². The lowest BCUT2D eigenvalue weighted by molar-refractivity contribution is 1.28. The summed E-state index contributed by atoms with van der Waals surface area (Å²) >= 11 is 0. The van der Waals surface area contributed by atoms with Crippen molar-refractivity contribution in [2.75, 3.05) is 4.90 Å². The molecule has 1 heteroatoms. The van der Waals surface area contributed by atoms with Crippen LogP contribution in [0.5, 0.6) is 0 Å². The topological polar surface area (TPSA) is 3.24 Å². The maximum absolute atomic E-state index is 9.96. The highest BCUT2D eigenvalue weighted by Gasteiger charge is 2.20. The van der Waals surface area contributed by atoms with E-state index in [1.165, 1.54) is 0 Å². The third-order valence-electron chi connectivity index (χ3n) is 10.4. The minimum absolute atomic E-state index is 0.000787. The lowest BCUT2D eigenvalue weighted by Crippen LogP contribution is -2.11. The van der Waals surface area contributed by atoms with E-state index in [1.54, 1.807) is 4.90 Å². The number of hydrogen-bond acceptors (Lipinski definition) is 1. The van der Waals surface area contributed by atoms with Gasteiger partial charge in [-0.3, -0.25) is 0 Å². The van der Waals surface area contributed by atoms with Crippen LogP contribution in [0, 0.1) is 0 Å². The lowest BCUT2D eigenvalue weighted by Gasteiger charge is -2.29. The molecule has 0 aliphatic carbocycles. The van der Waals surface area contributed by atoms with Crippen LogP contribution in [0.1, 0.15) is 9.60 Å². The van der Waals surface area contributed by atoms with Gasteiger partial charge in [0.15, 0.2) is 0 Å². The Kier molecular flexibility index (Phi) is 7.14. The summed E-state index contributed by atoms with van der Waals surface area (Å²) in [6.07, 6.45) is 0. The normalized spacial score (nSPS) is 12.9. The molecular weight excluding hydrogens is 687 g/mol. The zero-order valence-electron chi connectivity index (χ0n) is 37.9. The fourth-order valence-electron chi connectivity index (χ4n) is 7.74. The van der Waals surface area contributed by atoms with Crippen LogP contribution in [0.25, 0.3) is 77.2 Å². The smallest absolute Gasteiger partial charge is 0.0645 e. The molecule has 10 aromatic carbocycles. The van der Waals surface area contributed by atoms with Crippen LogP contribution < -0.4 is 4.90 Å². The van der Waals surface area contributed by atoms with E-state index in [1.807, 2.05) is 176 Å². The van der Waals surface area contributed by atoms with Crippen LogP contribution in [0.4, 0.5) is 17.1 Å². The van der Waals surface area contributed by atoms with E-state index in [9.17, 15) is 9.60 Å². The van der Waals surface area contributed by atoms with E-state index in [4.69, 9.17) is 0 Å². The molecule has 0 aliphatic heterocycles. The molecule has 0 atom stereocenters. The molecule has 0 heterocycles. The van der Waals surface area contributed by atoms with Crippen molar-refractivity contribution in [3.05, 3.63) is 236 Å². The van der Waals surface area contributed by atoms with Gasteiger partial charge in [0.05, 0.1) is 15.3 Å². The Morgan fingerprint density at radius 1 is 0.316 bits per heavy atom. The summed E-state index contributed by atoms with van der Waals surface area (Å²) in [5.74, 6) is 0. The fraction of sp³-hybridized carbons (Fsp3) is 0. The summed E-state index contributed by atoms with van der Waals surface area (Å²) in [5, 5.41) is 3.96. The number of fused-ring (bicyclic) bond motifs is 2. The highest BCUT2D eigenvalue weighted by Crippen LogP contribution is 2.45. The van der Waals surface area contributed by atoms with Crippen LogP contribution in [-0.4, -0.2) is 0 Å². The van der Waals surface area contributed by atoms with Gasteiger partial charge in [-0.15, -0.1) is 0 Å². The highest BCUT2D eigenvalue weighted by atomic mass is 15.1. The third kappa shape index (κ3) is 6.56. The second-order valence-electron chi connectivity index (χ2n) is 13.9. The van der Waals surface area contributed by atoms with Crippen LogP contribution in [0.3, 0.4) is 0 Å². The summed E-state index contributed by atoms with van der Waals surface area (Å²) in [6, 6.07) is 60.2. The molecule has 0 saturated heterocycles. The van der Waals surface area contributed by atoms with Crippen molar-refractivity contribution < 1.29 is 9.60 Å². The highest BCUT2D eigenvalue weighted by molar-refractivity contribution is 6.04. The van der Waals surface area contributed by atoms with Crippen LogP contribution in [0.2, 0.25) is 0 Å². The Hall–Kier alpha value is -7.48. The molecule has 1 nitrogen and oxygen atoms in total. The van der Waals surface area contributed by atoms with Crippen LogP contribution in [-0.2, 0) is 0 Å². The predicted octanol–water partition coefficient (Wildman–Crippen LogP) is 15.8. The first-order valence-corrected chi connectivity index (χ1v) is 19.0. The van der Waals surface area contributed by atoms with Crippen molar-refractivity contribution in [2.45, 2.75) is 0 Å². The maximum Gasteiger partial charge on any atom is 0.0645 e. The van der Waals surface area contributed by atoms with E-state index in [2.05, 4.69) is 18.2 Å². The Morgan fingerprint density at radius 2 is 0.877 bits per heavy atom. The number of rotatable bonds is 8. The molecule has 0 radical (unpaired) electrons. The second-order valence-corrected chi connectivity index (χ2v) is 13.9. The van der Waals surface area contributed by atoms with Crippen molar-refractivity contribution in [2.24, 2.45) is 0 Å². The molecule has 0 aromatic heterocycles. The van der Waals surface area contributed by atoms with Crippen molar-refractivity contribution in [1.82, 2.24) is 0 Å². The first kappa shape index (κ1) is 27.2. The molecule has 0 fully saturated rings. The molecule has 0 amide bonds. The molecule has 0 aliphatic rings. The average Bonchev–Trinajstić information content (AvgIpc) is 3.34. The number of benzene rings is 10. The summed E-state index contributed by atoms with van der Waals surface area (Å²) in [5.41, 5.74) is 6.35. The lowest BCUT2D eigenvalue weighted by atomic mass is 9.89. The summed E-state index contributed by atoms with van der Waals surface area (Å²) in [4.78, 5) is 1.58. The minimum atomic E-state index is -0.331. The van der Waals surface area contributed by atoms with Gasteiger partial charge in [-0.1, -0.05) is 200 Å². The third-order valence-corrected chi connectivity index (χ3v) is 10.4. The van der Waals surface area contributed by atoms with Crippen molar-refractivity contribution in [3.63, 3.8) is 0 Å². The van der Waals surface area contributed by atoms with Gasteiger partial charge in [0.1, 0.15) is 0 Å². The first-order chi connectivity index (χ1) is 31.2. The maximum atomic E-state index is 9.96. The molecule has 0 N–H and O–H groups in total. The molecule has 0 saturated carbocycles. The standard InChI is InChI=1S/C56H39N/c1-4-16-40(17-5-1)46-33-37-55(54(39-46)42-18-6-2-7-19-42)57(49-26-14-25-47(38-49)51-29-15-24-41-20-10-12-27-50(41)51)48-34-30-44(31-35-48)53-36-32-43-21-11-13-28-52(43)56(53)45-22-8-3-9-23-45/h1-39H/i30D,31D,33D,34D,35D,37D,39D. The van der Waals surface area contributed by atoms with Crippen molar-refractivity contribution in [1.29, 1.82) is 0 Å². The number of nitrogens with zero attached hydrogens (tertiary/aromatic N) is 1. The molecule has 10 aromatic rings. The number of anilines is 3. The molecular formula is C56H39N. The van der Waals surface area contributed by atoms with Crippen LogP contribution >= 0.6 is 0 Å². The van der Waals surface area contributed by atoms with E-state index in [0.717, 1.165) is 43.8 Å². The average molecular weight is 733 g/mol. The molecule has 10 rings (SSSR count). The minimum Gasteiger partial charge on any atom is -0.310 e. The van der Waals surface area contributed by atoms with Gasteiger partial charge in [0.25, 0.3) is 0 Å². The van der Waals surface area contributed by atoms with Gasteiger partial charge in [0.2, 0.25) is 0 Å². The molecule has 268 valence electrons. The second kappa shape index (κ2) is 15.0. The SMILES string of the molecule is [2H]c1c([2H])c(N(c2cccc(-c3cccc4ccccc34)c2)c2c([2H])c([2H])c(-c3ccc4ccccc4c3-c3ccccc3)c([2H])c2[2H])c(-c2ccccc2)c([2H])c1-c1ccccc1. The molecule has 0 unspecified atom stereocenters. The zero-order chi connectivity index (χ0) is 44.1. The zero-order valence-corrected chi connectivity index (χ0v) is 30.9. The Morgan fingerprint density at radius 3 is 1.61 bits per heavy atom. The summed E-state index contributed by atoms with van der Waals surface area (Å²) < 4.78 is 69.0. The van der Waals surface area contributed by atoms with Crippen molar-refractivity contribution >= 4 is 38.6 Å². The summed E-state index contributed by atoms with van der Waals surface area (Å²) in [6.45, 7) is 0. The van der Waals surface area contributed by atoms with Gasteiger partial charge in [-0.05, 0) is 108 Å². The Bertz CT molecular complexity index is 3370. The molecule has 0 bridgehead atoms. The van der Waals surface area contributed by atoms with Crippen molar-refractivity contribution in [3.8, 4) is 55.6 Å².